The Morgan fingerprint density at radius 3 is 2.38 bits per heavy atom. The highest BCUT2D eigenvalue weighted by molar-refractivity contribution is 5.97. The average molecular weight is 406 g/mol. The van der Waals surface area contributed by atoms with Gasteiger partial charge in [0.1, 0.15) is 29.3 Å². The van der Waals surface area contributed by atoms with Crippen molar-refractivity contribution in [3.63, 3.8) is 0 Å². The number of fused-ring (bicyclic) bond motifs is 1. The van der Waals surface area contributed by atoms with E-state index in [1.54, 1.807) is 6.07 Å². The van der Waals surface area contributed by atoms with E-state index >= 15 is 0 Å². The molecule has 0 amide bonds. The van der Waals surface area contributed by atoms with Crippen LogP contribution in [-0.4, -0.2) is 52.5 Å². The number of hydrogen-bond donors (Lipinski definition) is 3. The number of esters is 1. The Labute approximate surface area is 171 Å². The number of ketones is 1. The Morgan fingerprint density at radius 1 is 1.10 bits per heavy atom. The molecule has 0 radical (unpaired) electrons. The maximum absolute atomic E-state index is 12.6. The number of aliphatic hydroxyl groups is 2. The number of benzene rings is 1. The van der Waals surface area contributed by atoms with E-state index in [0.29, 0.717) is 17.7 Å². The Morgan fingerprint density at radius 2 is 1.76 bits per heavy atom. The fourth-order valence-electron chi connectivity index (χ4n) is 2.69. The van der Waals surface area contributed by atoms with Crippen molar-refractivity contribution in [2.75, 3.05) is 7.11 Å². The molecule has 1 aliphatic rings. The van der Waals surface area contributed by atoms with Gasteiger partial charge in [0.15, 0.2) is 5.78 Å². The number of hydrogen-bond acceptors (Lipinski definition) is 7. The maximum Gasteiger partial charge on any atom is 0.342 e. The number of carbonyl (C=O) groups is 2. The van der Waals surface area contributed by atoms with Crippen LogP contribution in [0.2, 0.25) is 0 Å². The van der Waals surface area contributed by atoms with Crippen LogP contribution in [0.5, 0.6) is 11.5 Å². The molecule has 3 unspecified atom stereocenters. The third kappa shape index (κ3) is 6.73. The Bertz CT molecular complexity index is 752. The first-order valence-electron chi connectivity index (χ1n) is 9.72. The molecule has 7 nitrogen and oxygen atoms in total. The number of phenolic OH excluding ortho intramolecular Hbond substituents is 1. The minimum atomic E-state index is -1.55. The largest absolute Gasteiger partial charge is 0.507 e. The van der Waals surface area contributed by atoms with Gasteiger partial charge in [0.05, 0.1) is 13.2 Å². The van der Waals surface area contributed by atoms with E-state index in [2.05, 4.69) is 0 Å². The molecule has 0 aliphatic carbocycles. The number of rotatable bonds is 2. The van der Waals surface area contributed by atoms with E-state index in [-0.39, 0.29) is 24.2 Å². The summed E-state index contributed by atoms with van der Waals surface area (Å²) in [6.45, 7) is 5.82. The van der Waals surface area contributed by atoms with E-state index in [0.717, 1.165) is 0 Å². The molecule has 1 aromatic rings. The second kappa shape index (κ2) is 12.0. The van der Waals surface area contributed by atoms with Gasteiger partial charge in [0, 0.05) is 12.5 Å². The second-order valence-electron chi connectivity index (χ2n) is 6.24. The van der Waals surface area contributed by atoms with Crippen LogP contribution >= 0.6 is 0 Å². The third-order valence-corrected chi connectivity index (χ3v) is 4.30. The molecule has 3 atom stereocenters. The molecule has 29 heavy (non-hydrogen) atoms. The lowest BCUT2D eigenvalue weighted by Gasteiger charge is -2.18. The fourth-order valence-corrected chi connectivity index (χ4v) is 2.69. The topological polar surface area (TPSA) is 113 Å². The molecule has 0 spiro atoms. The summed E-state index contributed by atoms with van der Waals surface area (Å²) in [6.07, 6.45) is 3.06. The van der Waals surface area contributed by atoms with Crippen molar-refractivity contribution < 1.29 is 34.4 Å². The molecule has 160 valence electrons. The minimum absolute atomic E-state index is 0.0161. The summed E-state index contributed by atoms with van der Waals surface area (Å²) in [6, 6.07) is 2.86. The standard InChI is InChI=1S/C20H24O7.C2H6/c1-3-13-7-5-9-16(22)19(24)15(21)8-4-6-12-10-14(26-2)11-17(23)18(12)20(25)27-13;1-2/h4-6,9-11,13,15,19,21,23-24H,3,7-8H2,1-2H3;1-2H3/b6-4+,9-5-;. The Balaban J connectivity index is 0.00000204. The fraction of sp³-hybridized carbons (Fsp3) is 0.455. The van der Waals surface area contributed by atoms with E-state index in [9.17, 15) is 24.9 Å². The lowest BCUT2D eigenvalue weighted by atomic mass is 10.0. The van der Waals surface area contributed by atoms with Gasteiger partial charge in [0.2, 0.25) is 0 Å². The number of ether oxygens (including phenoxy) is 2. The molecule has 0 aromatic heterocycles. The van der Waals surface area contributed by atoms with E-state index in [4.69, 9.17) is 9.47 Å². The monoisotopic (exact) mass is 406 g/mol. The number of cyclic esters (lactones) is 1. The first-order valence-corrected chi connectivity index (χ1v) is 9.72. The highest BCUT2D eigenvalue weighted by Gasteiger charge is 2.24. The number of methoxy groups -OCH3 is 1. The average Bonchev–Trinajstić information content (AvgIpc) is 2.72. The summed E-state index contributed by atoms with van der Waals surface area (Å²) in [7, 11) is 1.43. The lowest BCUT2D eigenvalue weighted by molar-refractivity contribution is -0.127. The zero-order valence-electron chi connectivity index (χ0n) is 17.3. The molecular weight excluding hydrogens is 376 g/mol. The van der Waals surface area contributed by atoms with Gasteiger partial charge in [-0.1, -0.05) is 39.0 Å². The Hall–Kier alpha value is -2.64. The van der Waals surface area contributed by atoms with Crippen molar-refractivity contribution in [2.24, 2.45) is 0 Å². The minimum Gasteiger partial charge on any atom is -0.507 e. The number of carbonyl (C=O) groups excluding carboxylic acids is 2. The van der Waals surface area contributed by atoms with Gasteiger partial charge in [-0.25, -0.2) is 4.79 Å². The SMILES string of the molecule is CC.CCC1C/C=C\C(=O)C(O)C(O)C/C=C/c2cc(OC)cc(O)c2C(=O)O1. The molecule has 1 heterocycles. The van der Waals surface area contributed by atoms with Crippen LogP contribution in [0.3, 0.4) is 0 Å². The number of aliphatic hydroxyl groups excluding tert-OH is 2. The van der Waals surface area contributed by atoms with Crippen molar-refractivity contribution in [3.8, 4) is 11.5 Å². The van der Waals surface area contributed by atoms with E-state index in [1.807, 2.05) is 20.8 Å². The molecule has 2 rings (SSSR count). The third-order valence-electron chi connectivity index (χ3n) is 4.30. The summed E-state index contributed by atoms with van der Waals surface area (Å²) in [5.74, 6) is -1.25. The summed E-state index contributed by atoms with van der Waals surface area (Å²) in [5.41, 5.74) is 0.324. The predicted octanol–water partition coefficient (Wildman–Crippen LogP) is 3.02. The van der Waals surface area contributed by atoms with Gasteiger partial charge in [-0.3, -0.25) is 4.79 Å². The van der Waals surface area contributed by atoms with Crippen LogP contribution in [0.25, 0.3) is 6.08 Å². The van der Waals surface area contributed by atoms with Gasteiger partial charge in [-0.2, -0.15) is 0 Å². The molecule has 0 saturated heterocycles. The first-order chi connectivity index (χ1) is 13.9. The van der Waals surface area contributed by atoms with E-state index < -0.39 is 30.1 Å². The van der Waals surface area contributed by atoms with Crippen molar-refractivity contribution in [1.29, 1.82) is 0 Å². The van der Waals surface area contributed by atoms with Gasteiger partial charge >= 0.3 is 5.97 Å². The summed E-state index contributed by atoms with van der Waals surface area (Å²) >= 11 is 0. The van der Waals surface area contributed by atoms with E-state index in [1.165, 1.54) is 37.5 Å². The van der Waals surface area contributed by atoms with Gasteiger partial charge in [-0.15, -0.1) is 0 Å². The predicted molar refractivity (Wildman–Crippen MR) is 110 cm³/mol. The summed E-state index contributed by atoms with van der Waals surface area (Å²) < 4.78 is 10.6. The molecule has 0 fully saturated rings. The second-order valence-corrected chi connectivity index (χ2v) is 6.24. The van der Waals surface area contributed by atoms with Crippen LogP contribution in [0.1, 0.15) is 56.0 Å². The van der Waals surface area contributed by atoms with Crippen LogP contribution in [0, 0.1) is 0 Å². The van der Waals surface area contributed by atoms with Crippen molar-refractivity contribution in [2.45, 2.75) is 58.3 Å². The maximum atomic E-state index is 12.6. The summed E-state index contributed by atoms with van der Waals surface area (Å²) in [4.78, 5) is 24.5. The van der Waals surface area contributed by atoms with Gasteiger partial charge in [0.25, 0.3) is 0 Å². The van der Waals surface area contributed by atoms with Gasteiger partial charge < -0.3 is 24.8 Å². The van der Waals surface area contributed by atoms with Gasteiger partial charge in [-0.05, 0) is 30.5 Å². The zero-order valence-corrected chi connectivity index (χ0v) is 17.3. The molecule has 1 aliphatic heterocycles. The van der Waals surface area contributed by atoms with Crippen LogP contribution in [-0.2, 0) is 9.53 Å². The van der Waals surface area contributed by atoms with Crippen molar-refractivity contribution in [3.05, 3.63) is 41.5 Å². The molecule has 3 N–H and O–H groups in total. The van der Waals surface area contributed by atoms with Crippen LogP contribution in [0.15, 0.2) is 30.4 Å². The highest BCUT2D eigenvalue weighted by Crippen LogP contribution is 2.30. The van der Waals surface area contributed by atoms with Crippen LogP contribution < -0.4 is 4.74 Å². The number of aromatic hydroxyl groups is 1. The molecular formula is C22H30O7. The zero-order chi connectivity index (χ0) is 22.0. The Kier molecular flexibility index (Phi) is 10.1. The molecule has 7 heteroatoms. The van der Waals surface area contributed by atoms with Crippen molar-refractivity contribution >= 4 is 17.8 Å². The van der Waals surface area contributed by atoms with Crippen molar-refractivity contribution in [1.82, 2.24) is 0 Å². The molecule has 0 saturated carbocycles. The smallest absolute Gasteiger partial charge is 0.342 e. The summed E-state index contributed by atoms with van der Waals surface area (Å²) in [5, 5.41) is 30.2. The molecule has 0 bridgehead atoms. The lowest BCUT2D eigenvalue weighted by Crippen LogP contribution is -2.32. The normalized spacial score (nSPS) is 24.8. The van der Waals surface area contributed by atoms with Crippen LogP contribution in [0.4, 0.5) is 0 Å². The first kappa shape index (κ1) is 24.4. The quantitative estimate of drug-likeness (QED) is 0.647. The highest BCUT2D eigenvalue weighted by atomic mass is 16.5. The number of phenols is 1. The molecule has 1 aromatic carbocycles.